The number of carbonyl (C=O) groups is 2. The molecule has 1 aliphatic heterocycles. The van der Waals surface area contributed by atoms with Crippen molar-refractivity contribution in [1.82, 2.24) is 9.80 Å². The van der Waals surface area contributed by atoms with Crippen molar-refractivity contribution in [2.24, 2.45) is 5.92 Å². The summed E-state index contributed by atoms with van der Waals surface area (Å²) in [5.74, 6) is 1.06. The monoisotopic (exact) mass is 426 g/mol. The predicted molar refractivity (Wildman–Crippen MR) is 119 cm³/mol. The molecular formula is C24H30N2O3S. The first kappa shape index (κ1) is 20.9. The van der Waals surface area contributed by atoms with Crippen molar-refractivity contribution in [3.05, 3.63) is 51.7 Å². The first-order chi connectivity index (χ1) is 14.5. The highest BCUT2D eigenvalue weighted by molar-refractivity contribution is 7.10. The number of hydrogen-bond donors (Lipinski definition) is 0. The van der Waals surface area contributed by atoms with Gasteiger partial charge in [0.1, 0.15) is 12.3 Å². The number of hydrogen-bond acceptors (Lipinski definition) is 4. The zero-order valence-corrected chi connectivity index (χ0v) is 18.8. The molecule has 4 rings (SSSR count). The average molecular weight is 427 g/mol. The van der Waals surface area contributed by atoms with E-state index in [4.69, 9.17) is 4.74 Å². The van der Waals surface area contributed by atoms with Crippen molar-refractivity contribution in [2.75, 3.05) is 20.2 Å². The van der Waals surface area contributed by atoms with E-state index in [1.54, 1.807) is 23.3 Å². The van der Waals surface area contributed by atoms with E-state index >= 15 is 0 Å². The van der Waals surface area contributed by atoms with Gasteiger partial charge in [0.05, 0.1) is 13.2 Å². The molecule has 0 radical (unpaired) electrons. The van der Waals surface area contributed by atoms with Crippen LogP contribution < -0.4 is 4.74 Å². The number of ether oxygens (including phenoxy) is 1. The van der Waals surface area contributed by atoms with Crippen molar-refractivity contribution >= 4 is 23.2 Å². The lowest BCUT2D eigenvalue weighted by atomic mass is 9.84. The Morgan fingerprint density at radius 2 is 1.93 bits per heavy atom. The molecule has 1 saturated carbocycles. The third-order valence-corrected chi connectivity index (χ3v) is 7.38. The zero-order chi connectivity index (χ0) is 21.3. The predicted octanol–water partition coefficient (Wildman–Crippen LogP) is 4.27. The largest absolute Gasteiger partial charge is 0.497 e. The van der Waals surface area contributed by atoms with Gasteiger partial charge in [-0.25, -0.2) is 0 Å². The Kier molecular flexibility index (Phi) is 6.14. The summed E-state index contributed by atoms with van der Waals surface area (Å²) in [4.78, 5) is 31.5. The molecule has 2 aliphatic rings. The molecule has 0 bridgehead atoms. The van der Waals surface area contributed by atoms with Crippen LogP contribution in [0.25, 0.3) is 0 Å². The molecule has 2 aromatic rings. The second-order valence-corrected chi connectivity index (χ2v) is 9.50. The number of methoxy groups -OCH3 is 1. The summed E-state index contributed by atoms with van der Waals surface area (Å²) in [5, 5.41) is 2.11. The van der Waals surface area contributed by atoms with Crippen LogP contribution in [0.5, 0.6) is 5.75 Å². The molecule has 0 saturated heterocycles. The molecule has 160 valence electrons. The van der Waals surface area contributed by atoms with Gasteiger partial charge in [0, 0.05) is 23.4 Å². The second-order valence-electron chi connectivity index (χ2n) is 8.50. The molecule has 0 N–H and O–H groups in total. The van der Waals surface area contributed by atoms with Crippen LogP contribution in [0.15, 0.2) is 35.7 Å². The number of thiophene rings is 1. The van der Waals surface area contributed by atoms with Crippen molar-refractivity contribution in [1.29, 1.82) is 0 Å². The Hall–Kier alpha value is -2.34. The highest BCUT2D eigenvalue weighted by atomic mass is 32.1. The quantitative estimate of drug-likeness (QED) is 0.693. The molecule has 30 heavy (non-hydrogen) atoms. The molecular weight excluding hydrogens is 396 g/mol. The normalized spacial score (nSPS) is 18.7. The van der Waals surface area contributed by atoms with Crippen molar-refractivity contribution in [2.45, 2.75) is 51.6 Å². The maximum absolute atomic E-state index is 13.5. The SMILES string of the molecule is COc1ccc([C@@H]2c3ccsc3CCN2C(=O)CN(C(=O)C2CCC2)C(C)C)cc1. The highest BCUT2D eigenvalue weighted by Gasteiger charge is 2.36. The Morgan fingerprint density at radius 1 is 1.20 bits per heavy atom. The van der Waals surface area contributed by atoms with Gasteiger partial charge in [-0.2, -0.15) is 0 Å². The number of carbonyl (C=O) groups excluding carboxylic acids is 2. The van der Waals surface area contributed by atoms with Crippen LogP contribution in [-0.2, 0) is 16.0 Å². The van der Waals surface area contributed by atoms with Crippen LogP contribution in [-0.4, -0.2) is 47.9 Å². The molecule has 5 nitrogen and oxygen atoms in total. The Morgan fingerprint density at radius 3 is 2.53 bits per heavy atom. The lowest BCUT2D eigenvalue weighted by molar-refractivity contribution is -0.147. The smallest absolute Gasteiger partial charge is 0.243 e. The van der Waals surface area contributed by atoms with Gasteiger partial charge in [-0.1, -0.05) is 18.6 Å². The standard InChI is InChI=1S/C24H30N2O3S/c1-16(2)26(24(28)18-5-4-6-18)15-22(27)25-13-11-21-20(12-14-30-21)23(25)17-7-9-19(29-3)10-8-17/h7-10,12,14,16,18,23H,4-6,11,13,15H2,1-3H3/t23-/m1/s1. The fraction of sp³-hybridized carbons (Fsp3) is 0.500. The second kappa shape index (κ2) is 8.80. The van der Waals surface area contributed by atoms with E-state index in [-0.39, 0.29) is 36.4 Å². The average Bonchev–Trinajstić information content (AvgIpc) is 3.18. The van der Waals surface area contributed by atoms with Crippen LogP contribution in [0.3, 0.4) is 0 Å². The Labute approximate surface area is 182 Å². The van der Waals surface area contributed by atoms with E-state index in [9.17, 15) is 9.59 Å². The maximum Gasteiger partial charge on any atom is 0.243 e. The third kappa shape index (κ3) is 3.97. The zero-order valence-electron chi connectivity index (χ0n) is 18.0. The van der Waals surface area contributed by atoms with Crippen LogP contribution in [0.2, 0.25) is 0 Å². The molecule has 1 fully saturated rings. The van der Waals surface area contributed by atoms with E-state index in [0.29, 0.717) is 6.54 Å². The van der Waals surface area contributed by atoms with Gasteiger partial charge >= 0.3 is 0 Å². The number of nitrogens with zero attached hydrogens (tertiary/aromatic N) is 2. The van der Waals surface area contributed by atoms with Gasteiger partial charge < -0.3 is 14.5 Å². The summed E-state index contributed by atoms with van der Waals surface area (Å²) < 4.78 is 5.31. The molecule has 2 heterocycles. The van der Waals surface area contributed by atoms with Crippen molar-refractivity contribution in [3.8, 4) is 5.75 Å². The van der Waals surface area contributed by atoms with E-state index in [1.165, 1.54) is 10.4 Å². The minimum Gasteiger partial charge on any atom is -0.497 e. The molecule has 1 aromatic carbocycles. The van der Waals surface area contributed by atoms with Gasteiger partial charge in [-0.3, -0.25) is 9.59 Å². The van der Waals surface area contributed by atoms with Crippen LogP contribution in [0.4, 0.5) is 0 Å². The first-order valence-corrected chi connectivity index (χ1v) is 11.7. The summed E-state index contributed by atoms with van der Waals surface area (Å²) in [6, 6.07) is 9.99. The summed E-state index contributed by atoms with van der Waals surface area (Å²) >= 11 is 1.76. The van der Waals surface area contributed by atoms with Crippen LogP contribution in [0, 0.1) is 5.92 Å². The molecule has 0 spiro atoms. The number of benzene rings is 1. The fourth-order valence-electron chi connectivity index (χ4n) is 4.37. The molecule has 0 unspecified atom stereocenters. The molecule has 1 aliphatic carbocycles. The molecule has 6 heteroatoms. The first-order valence-electron chi connectivity index (χ1n) is 10.8. The van der Waals surface area contributed by atoms with Gasteiger partial charge in [-0.05, 0) is 67.8 Å². The minimum absolute atomic E-state index is 0.0167. The van der Waals surface area contributed by atoms with Gasteiger partial charge in [0.25, 0.3) is 0 Å². The maximum atomic E-state index is 13.5. The van der Waals surface area contributed by atoms with Gasteiger partial charge in [0.15, 0.2) is 0 Å². The number of fused-ring (bicyclic) bond motifs is 1. The van der Waals surface area contributed by atoms with Crippen LogP contribution in [0.1, 0.15) is 55.2 Å². The lowest BCUT2D eigenvalue weighted by Crippen LogP contribution is -2.50. The van der Waals surface area contributed by atoms with Crippen LogP contribution >= 0.6 is 11.3 Å². The number of amides is 2. The van der Waals surface area contributed by atoms with E-state index in [2.05, 4.69) is 11.4 Å². The molecule has 1 atom stereocenters. The summed E-state index contributed by atoms with van der Waals surface area (Å²) in [6.07, 6.45) is 3.88. The minimum atomic E-state index is -0.119. The fourth-order valence-corrected chi connectivity index (χ4v) is 5.28. The summed E-state index contributed by atoms with van der Waals surface area (Å²) in [5.41, 5.74) is 2.27. The molecule has 1 aromatic heterocycles. The third-order valence-electron chi connectivity index (χ3n) is 6.38. The topological polar surface area (TPSA) is 49.9 Å². The van der Waals surface area contributed by atoms with Crippen molar-refractivity contribution in [3.63, 3.8) is 0 Å². The Balaban J connectivity index is 1.60. The van der Waals surface area contributed by atoms with Crippen molar-refractivity contribution < 1.29 is 14.3 Å². The van der Waals surface area contributed by atoms with E-state index < -0.39 is 0 Å². The summed E-state index contributed by atoms with van der Waals surface area (Å²) in [7, 11) is 1.65. The summed E-state index contributed by atoms with van der Waals surface area (Å²) in [6.45, 7) is 4.82. The van der Waals surface area contributed by atoms with E-state index in [1.807, 2.05) is 43.0 Å². The Bertz CT molecular complexity index is 901. The number of rotatable bonds is 6. The van der Waals surface area contributed by atoms with Gasteiger partial charge in [0.2, 0.25) is 11.8 Å². The lowest BCUT2D eigenvalue weighted by Gasteiger charge is -2.39. The van der Waals surface area contributed by atoms with Gasteiger partial charge in [-0.15, -0.1) is 11.3 Å². The highest BCUT2D eigenvalue weighted by Crippen LogP contribution is 2.38. The molecule has 2 amide bonds. The van der Waals surface area contributed by atoms with E-state index in [0.717, 1.165) is 37.0 Å².